The quantitative estimate of drug-likeness (QED) is 0.813. The molecule has 1 saturated heterocycles. The number of hydrogen-bond acceptors (Lipinski definition) is 4. The SMILES string of the molecule is Cn1nc2c(c1CN1CCC(Cn3cnc(C4CC4)cc3=O)CC1)CCC2. The Morgan fingerprint density at radius 2 is 1.96 bits per heavy atom. The van der Waals surface area contributed by atoms with Crippen LogP contribution in [0.15, 0.2) is 17.2 Å². The van der Waals surface area contributed by atoms with Crippen molar-refractivity contribution in [3.8, 4) is 0 Å². The lowest BCUT2D eigenvalue weighted by Crippen LogP contribution is -2.36. The molecule has 2 aromatic heterocycles. The summed E-state index contributed by atoms with van der Waals surface area (Å²) in [5.41, 5.74) is 5.36. The second kappa shape index (κ2) is 6.89. The Morgan fingerprint density at radius 1 is 1.15 bits per heavy atom. The van der Waals surface area contributed by atoms with Gasteiger partial charge in [0, 0.05) is 32.1 Å². The Balaban J connectivity index is 1.18. The monoisotopic (exact) mass is 367 g/mol. The third-order valence-electron chi connectivity index (χ3n) is 6.63. The lowest BCUT2D eigenvalue weighted by Gasteiger charge is -2.32. The van der Waals surface area contributed by atoms with E-state index in [9.17, 15) is 4.79 Å². The molecule has 27 heavy (non-hydrogen) atoms. The van der Waals surface area contributed by atoms with E-state index < -0.39 is 0 Å². The van der Waals surface area contributed by atoms with Crippen LogP contribution in [0.25, 0.3) is 0 Å². The first-order valence-electron chi connectivity index (χ1n) is 10.5. The minimum absolute atomic E-state index is 0.125. The van der Waals surface area contributed by atoms with E-state index >= 15 is 0 Å². The third kappa shape index (κ3) is 3.47. The first kappa shape index (κ1) is 17.2. The average molecular weight is 367 g/mol. The maximum atomic E-state index is 12.4. The second-order valence-electron chi connectivity index (χ2n) is 8.65. The highest BCUT2D eigenvalue weighted by Crippen LogP contribution is 2.38. The van der Waals surface area contributed by atoms with Crippen molar-refractivity contribution in [1.29, 1.82) is 0 Å². The van der Waals surface area contributed by atoms with Crippen LogP contribution < -0.4 is 5.56 Å². The highest BCUT2D eigenvalue weighted by molar-refractivity contribution is 5.30. The molecule has 2 aliphatic carbocycles. The van der Waals surface area contributed by atoms with E-state index in [0.717, 1.165) is 51.1 Å². The minimum atomic E-state index is 0.125. The van der Waals surface area contributed by atoms with Gasteiger partial charge < -0.3 is 0 Å². The molecule has 1 aliphatic heterocycles. The van der Waals surface area contributed by atoms with Crippen LogP contribution in [-0.4, -0.2) is 37.3 Å². The molecule has 0 spiro atoms. The summed E-state index contributed by atoms with van der Waals surface area (Å²) >= 11 is 0. The molecule has 0 amide bonds. The van der Waals surface area contributed by atoms with Crippen molar-refractivity contribution < 1.29 is 0 Å². The van der Waals surface area contributed by atoms with Crippen LogP contribution in [0, 0.1) is 5.92 Å². The maximum Gasteiger partial charge on any atom is 0.253 e. The van der Waals surface area contributed by atoms with Gasteiger partial charge in [-0.25, -0.2) is 4.98 Å². The van der Waals surface area contributed by atoms with Crippen LogP contribution in [0.3, 0.4) is 0 Å². The van der Waals surface area contributed by atoms with Crippen molar-refractivity contribution in [2.24, 2.45) is 13.0 Å². The molecule has 0 unspecified atom stereocenters. The fourth-order valence-corrected chi connectivity index (χ4v) is 4.78. The molecule has 5 rings (SSSR count). The highest BCUT2D eigenvalue weighted by atomic mass is 16.1. The first-order valence-corrected chi connectivity index (χ1v) is 10.5. The van der Waals surface area contributed by atoms with Gasteiger partial charge in [0.05, 0.1) is 23.4 Å². The Labute approximate surface area is 160 Å². The van der Waals surface area contributed by atoms with Crippen molar-refractivity contribution in [3.05, 3.63) is 45.4 Å². The van der Waals surface area contributed by atoms with E-state index in [4.69, 9.17) is 5.10 Å². The molecule has 0 aromatic carbocycles. The number of nitrogens with zero attached hydrogens (tertiary/aromatic N) is 5. The number of likely N-dealkylation sites (tertiary alicyclic amines) is 1. The van der Waals surface area contributed by atoms with Gasteiger partial charge in [0.25, 0.3) is 5.56 Å². The van der Waals surface area contributed by atoms with Gasteiger partial charge in [0.2, 0.25) is 0 Å². The second-order valence-corrected chi connectivity index (χ2v) is 8.65. The largest absolute Gasteiger partial charge is 0.299 e. The Morgan fingerprint density at radius 3 is 2.70 bits per heavy atom. The van der Waals surface area contributed by atoms with E-state index in [1.165, 1.54) is 42.6 Å². The van der Waals surface area contributed by atoms with Gasteiger partial charge in [-0.3, -0.25) is 18.9 Å². The van der Waals surface area contributed by atoms with Gasteiger partial charge in [-0.2, -0.15) is 5.10 Å². The van der Waals surface area contributed by atoms with Gasteiger partial charge in [-0.1, -0.05) is 0 Å². The van der Waals surface area contributed by atoms with Gasteiger partial charge in [0.15, 0.2) is 0 Å². The summed E-state index contributed by atoms with van der Waals surface area (Å²) in [6.07, 6.45) is 10.1. The Hall–Kier alpha value is -1.95. The molecular weight excluding hydrogens is 338 g/mol. The summed E-state index contributed by atoms with van der Waals surface area (Å²) in [4.78, 5) is 19.4. The number of aromatic nitrogens is 4. The molecule has 0 N–H and O–H groups in total. The van der Waals surface area contributed by atoms with Crippen molar-refractivity contribution in [3.63, 3.8) is 0 Å². The van der Waals surface area contributed by atoms with E-state index in [1.54, 1.807) is 12.4 Å². The average Bonchev–Trinajstić information content (AvgIpc) is 3.35. The predicted molar refractivity (Wildman–Crippen MR) is 104 cm³/mol. The number of aryl methyl sites for hydroxylation is 2. The zero-order valence-electron chi connectivity index (χ0n) is 16.2. The molecule has 0 bridgehead atoms. The zero-order valence-corrected chi connectivity index (χ0v) is 16.2. The van der Waals surface area contributed by atoms with Crippen molar-refractivity contribution >= 4 is 0 Å². The number of hydrogen-bond donors (Lipinski definition) is 0. The number of rotatable bonds is 5. The van der Waals surface area contributed by atoms with Crippen LogP contribution in [0.2, 0.25) is 0 Å². The Bertz CT molecular complexity index is 886. The van der Waals surface area contributed by atoms with Gasteiger partial charge >= 0.3 is 0 Å². The summed E-state index contributed by atoms with van der Waals surface area (Å²) in [6.45, 7) is 4.04. The molecule has 3 aliphatic rings. The summed E-state index contributed by atoms with van der Waals surface area (Å²) in [5, 5.41) is 4.71. The Kier molecular flexibility index (Phi) is 4.38. The molecule has 2 aromatic rings. The van der Waals surface area contributed by atoms with E-state index in [0.29, 0.717) is 11.8 Å². The highest BCUT2D eigenvalue weighted by Gasteiger charge is 2.27. The van der Waals surface area contributed by atoms with E-state index in [2.05, 4.69) is 21.6 Å². The molecule has 0 radical (unpaired) electrons. The number of piperidine rings is 1. The third-order valence-corrected chi connectivity index (χ3v) is 6.63. The van der Waals surface area contributed by atoms with Crippen LogP contribution >= 0.6 is 0 Å². The molecule has 144 valence electrons. The van der Waals surface area contributed by atoms with E-state index in [-0.39, 0.29) is 5.56 Å². The van der Waals surface area contributed by atoms with E-state index in [1.807, 2.05) is 4.57 Å². The number of fused-ring (bicyclic) bond motifs is 1. The fourth-order valence-electron chi connectivity index (χ4n) is 4.78. The van der Waals surface area contributed by atoms with Gasteiger partial charge in [0.1, 0.15) is 0 Å². The van der Waals surface area contributed by atoms with Crippen molar-refractivity contribution in [2.75, 3.05) is 13.1 Å². The molecule has 3 heterocycles. The van der Waals surface area contributed by atoms with Crippen LogP contribution in [0.5, 0.6) is 0 Å². The summed E-state index contributed by atoms with van der Waals surface area (Å²) < 4.78 is 3.92. The molecular formula is C21H29N5O. The van der Waals surface area contributed by atoms with Gasteiger partial charge in [-0.15, -0.1) is 0 Å². The van der Waals surface area contributed by atoms with Gasteiger partial charge in [-0.05, 0) is 69.5 Å². The van der Waals surface area contributed by atoms with Crippen molar-refractivity contribution in [1.82, 2.24) is 24.2 Å². The van der Waals surface area contributed by atoms with Crippen LogP contribution in [0.4, 0.5) is 0 Å². The summed E-state index contributed by atoms with van der Waals surface area (Å²) in [6, 6.07) is 1.76. The maximum absolute atomic E-state index is 12.4. The molecule has 6 heteroatoms. The normalized spacial score (nSPS) is 20.9. The van der Waals surface area contributed by atoms with Crippen LogP contribution in [-0.2, 0) is 33.0 Å². The van der Waals surface area contributed by atoms with Crippen LogP contribution in [0.1, 0.15) is 60.7 Å². The fraction of sp³-hybridized carbons (Fsp3) is 0.667. The zero-order chi connectivity index (χ0) is 18.4. The minimum Gasteiger partial charge on any atom is -0.299 e. The molecule has 6 nitrogen and oxygen atoms in total. The lowest BCUT2D eigenvalue weighted by atomic mass is 9.96. The standard InChI is InChI=1S/C21H29N5O/c1-24-20(17-3-2-4-18(17)23-24)13-25-9-7-15(8-10-25)12-26-14-22-19(11-21(26)27)16-5-6-16/h11,14-16H,2-10,12-13H2,1H3. The predicted octanol–water partition coefficient (Wildman–Crippen LogP) is 2.26. The summed E-state index contributed by atoms with van der Waals surface area (Å²) in [7, 11) is 2.09. The molecule has 2 fully saturated rings. The smallest absolute Gasteiger partial charge is 0.253 e. The van der Waals surface area contributed by atoms with Crippen molar-refractivity contribution in [2.45, 2.75) is 64.0 Å². The molecule has 0 atom stereocenters. The lowest BCUT2D eigenvalue weighted by molar-refractivity contribution is 0.162. The topological polar surface area (TPSA) is 56.0 Å². The first-order chi connectivity index (χ1) is 13.2. The molecule has 1 saturated carbocycles. The summed E-state index contributed by atoms with van der Waals surface area (Å²) in [5.74, 6) is 1.12.